The van der Waals surface area contributed by atoms with Gasteiger partial charge < -0.3 is 38.8 Å². The van der Waals surface area contributed by atoms with Crippen LogP contribution in [0.3, 0.4) is 0 Å². The van der Waals surface area contributed by atoms with E-state index in [2.05, 4.69) is 47.4 Å². The summed E-state index contributed by atoms with van der Waals surface area (Å²) in [6, 6.07) is 2.12. The van der Waals surface area contributed by atoms with Crippen molar-refractivity contribution in [2.75, 3.05) is 13.7 Å². The van der Waals surface area contributed by atoms with Crippen LogP contribution in [0.1, 0.15) is 46.7 Å². The van der Waals surface area contributed by atoms with Gasteiger partial charge in [-0.15, -0.1) is 0 Å². The van der Waals surface area contributed by atoms with Crippen molar-refractivity contribution in [2.45, 2.75) is 48.0 Å². The van der Waals surface area contributed by atoms with Gasteiger partial charge in [-0.2, -0.15) is 4.98 Å². The summed E-state index contributed by atoms with van der Waals surface area (Å²) in [5.74, 6) is 0.557. The molecule has 14 heteroatoms. The topological polar surface area (TPSA) is 166 Å². The van der Waals surface area contributed by atoms with Gasteiger partial charge in [0.05, 0.1) is 13.7 Å². The first-order chi connectivity index (χ1) is 12.2. The minimum atomic E-state index is -3.81. The first kappa shape index (κ1) is 34.3. The van der Waals surface area contributed by atoms with Crippen LogP contribution < -0.4 is 9.47 Å². The minimum absolute atomic E-state index is 0.346. The highest BCUT2D eigenvalue weighted by atomic mass is 32.5. The molecular formula is C13H32N2O8P2S2. The maximum atomic E-state index is 7.56. The van der Waals surface area contributed by atoms with Gasteiger partial charge in [-0.05, 0) is 37.5 Å². The number of aryl methyl sites for hydroxylation is 1. The lowest BCUT2D eigenvalue weighted by Crippen LogP contribution is -1.99. The Bertz CT molecular complexity index is 519. The van der Waals surface area contributed by atoms with Crippen LogP contribution in [-0.4, -0.2) is 53.0 Å². The summed E-state index contributed by atoms with van der Waals surface area (Å²) in [6.45, 7) is 5.01. The predicted molar refractivity (Wildman–Crippen MR) is 114 cm³/mol. The van der Waals surface area contributed by atoms with Crippen LogP contribution in [0.25, 0.3) is 0 Å². The van der Waals surface area contributed by atoms with Crippen molar-refractivity contribution in [3.8, 4) is 11.9 Å². The highest BCUT2D eigenvalue weighted by Crippen LogP contribution is 2.26. The number of aromatic nitrogens is 2. The lowest BCUT2D eigenvalue weighted by atomic mass is 10.4. The third kappa shape index (κ3) is 51.8. The molecule has 164 valence electrons. The fourth-order valence-corrected chi connectivity index (χ4v) is 0.826. The molecule has 0 bridgehead atoms. The van der Waals surface area contributed by atoms with Gasteiger partial charge in [0, 0.05) is 11.8 Å². The Hall–Kier alpha value is -0.260. The lowest BCUT2D eigenvalue weighted by molar-refractivity contribution is 0.310. The third-order valence-corrected chi connectivity index (χ3v) is 1.28. The fourth-order valence-electron chi connectivity index (χ4n) is 0.826. The van der Waals surface area contributed by atoms with Crippen LogP contribution in [0.5, 0.6) is 11.9 Å². The van der Waals surface area contributed by atoms with E-state index >= 15 is 0 Å². The molecule has 6 N–H and O–H groups in total. The van der Waals surface area contributed by atoms with E-state index in [1.165, 1.54) is 13.5 Å². The Labute approximate surface area is 171 Å². The average Bonchev–Trinajstić information content (AvgIpc) is 2.46. The van der Waals surface area contributed by atoms with Crippen LogP contribution in [0, 0.1) is 6.92 Å². The van der Waals surface area contributed by atoms with E-state index in [9.17, 15) is 0 Å². The molecule has 27 heavy (non-hydrogen) atoms. The summed E-state index contributed by atoms with van der Waals surface area (Å²) in [5.41, 5.74) is 0.838. The highest BCUT2D eigenvalue weighted by molar-refractivity contribution is 8.06. The van der Waals surface area contributed by atoms with Crippen molar-refractivity contribution in [3.05, 3.63) is 11.8 Å². The van der Waals surface area contributed by atoms with E-state index < -0.39 is 13.4 Å². The molecule has 0 aliphatic carbocycles. The molecule has 0 saturated heterocycles. The van der Waals surface area contributed by atoms with Gasteiger partial charge in [-0.25, -0.2) is 4.98 Å². The predicted octanol–water partition coefficient (Wildman–Crippen LogP) is 2.01. The maximum Gasteiger partial charge on any atom is 0.319 e. The Morgan fingerprint density at radius 3 is 1.52 bits per heavy atom. The monoisotopic (exact) mass is 470 g/mol. The summed E-state index contributed by atoms with van der Waals surface area (Å²) in [7, 11) is 1.53. The zero-order valence-electron chi connectivity index (χ0n) is 16.6. The second-order valence-electron chi connectivity index (χ2n) is 4.00. The van der Waals surface area contributed by atoms with E-state index in [0.29, 0.717) is 18.5 Å². The molecule has 0 aromatic carbocycles. The molecule has 1 aromatic rings. The molecule has 0 amide bonds. The van der Waals surface area contributed by atoms with E-state index in [1.807, 2.05) is 27.7 Å². The van der Waals surface area contributed by atoms with Crippen LogP contribution >= 0.6 is 13.4 Å². The second kappa shape index (κ2) is 20.5. The van der Waals surface area contributed by atoms with E-state index in [1.54, 1.807) is 6.07 Å². The molecule has 0 saturated carbocycles. The highest BCUT2D eigenvalue weighted by Gasteiger charge is 2.01. The molecule has 0 unspecified atom stereocenters. The number of rotatable bonds is 3. The Balaban J connectivity index is -0.000000148. The molecule has 0 aliphatic rings. The van der Waals surface area contributed by atoms with Gasteiger partial charge in [0.25, 0.3) is 0 Å². The SMILES string of the molecule is CC.CCC.CCOc1cc(C)nc(OC)n1.OP(O)(O)=S.OP(O)(O)=S. The summed E-state index contributed by atoms with van der Waals surface area (Å²) in [6.07, 6.45) is 1.25. The minimum Gasteiger partial charge on any atom is -0.478 e. The largest absolute Gasteiger partial charge is 0.478 e. The Morgan fingerprint density at radius 1 is 0.926 bits per heavy atom. The molecule has 0 radical (unpaired) electrons. The first-order valence-corrected chi connectivity index (χ1v) is 13.1. The standard InChI is InChI=1S/C8H12N2O2.C3H8.C2H6.2H3O3PS/c1-4-12-7-5-6(2)9-8(10-7)11-3;1-3-2;1-2;2*1-4(2,3)5/h5H,4H2,1-3H3;3H2,1-2H3;1-2H3;2*(H3,1,2,3,5). The molecule has 0 spiro atoms. The number of hydrogen-bond donors (Lipinski definition) is 6. The maximum absolute atomic E-state index is 7.56. The first-order valence-electron chi connectivity index (χ1n) is 7.76. The molecule has 0 fully saturated rings. The molecule has 10 nitrogen and oxygen atoms in total. The molecule has 1 rings (SSSR count). The lowest BCUT2D eigenvalue weighted by Gasteiger charge is -2.04. The van der Waals surface area contributed by atoms with Gasteiger partial charge >= 0.3 is 19.4 Å². The number of ether oxygens (including phenoxy) is 2. The Morgan fingerprint density at radius 2 is 1.26 bits per heavy atom. The number of hydrogen-bond acceptors (Lipinski definition) is 6. The van der Waals surface area contributed by atoms with E-state index in [0.717, 1.165) is 5.69 Å². The molecule has 0 atom stereocenters. The van der Waals surface area contributed by atoms with Gasteiger partial charge in [-0.3, -0.25) is 0 Å². The second-order valence-corrected chi connectivity index (χ2v) is 8.99. The van der Waals surface area contributed by atoms with Crippen LogP contribution in [0.4, 0.5) is 0 Å². The summed E-state index contributed by atoms with van der Waals surface area (Å²) in [4.78, 5) is 53.4. The molecule has 1 heterocycles. The van der Waals surface area contributed by atoms with Crippen molar-refractivity contribution in [1.29, 1.82) is 0 Å². The fraction of sp³-hybridized carbons (Fsp3) is 0.692. The van der Waals surface area contributed by atoms with Gasteiger partial charge in [-0.1, -0.05) is 34.1 Å². The van der Waals surface area contributed by atoms with Crippen LogP contribution in [-0.2, 0) is 23.6 Å². The zero-order valence-corrected chi connectivity index (χ0v) is 20.0. The Kier molecular flexibility index (Phi) is 26.0. The summed E-state index contributed by atoms with van der Waals surface area (Å²) in [5, 5.41) is 0. The van der Waals surface area contributed by atoms with Gasteiger partial charge in [0.15, 0.2) is 0 Å². The van der Waals surface area contributed by atoms with E-state index in [-0.39, 0.29) is 0 Å². The third-order valence-electron chi connectivity index (χ3n) is 1.28. The average molecular weight is 470 g/mol. The van der Waals surface area contributed by atoms with Gasteiger partial charge in [0.2, 0.25) is 5.88 Å². The number of nitrogens with zero attached hydrogens (tertiary/aromatic N) is 2. The van der Waals surface area contributed by atoms with Gasteiger partial charge in [0.1, 0.15) is 0 Å². The van der Waals surface area contributed by atoms with Crippen LogP contribution in [0.2, 0.25) is 0 Å². The molecule has 1 aromatic heterocycles. The number of methoxy groups -OCH3 is 1. The normalized spacial score (nSPS) is 9.52. The smallest absolute Gasteiger partial charge is 0.319 e. The van der Waals surface area contributed by atoms with Crippen molar-refractivity contribution in [2.24, 2.45) is 0 Å². The van der Waals surface area contributed by atoms with E-state index in [4.69, 9.17) is 38.8 Å². The zero-order chi connectivity index (χ0) is 22.7. The summed E-state index contributed by atoms with van der Waals surface area (Å²) < 4.78 is 10.1. The van der Waals surface area contributed by atoms with Crippen LogP contribution in [0.15, 0.2) is 6.07 Å². The van der Waals surface area contributed by atoms with Crippen molar-refractivity contribution in [1.82, 2.24) is 9.97 Å². The molecular weight excluding hydrogens is 438 g/mol. The van der Waals surface area contributed by atoms with Crippen molar-refractivity contribution >= 4 is 37.1 Å². The quantitative estimate of drug-likeness (QED) is 0.356. The summed E-state index contributed by atoms with van der Waals surface area (Å²) >= 11 is 7.21. The van der Waals surface area contributed by atoms with Crippen molar-refractivity contribution in [3.63, 3.8) is 0 Å². The molecule has 0 aliphatic heterocycles. The van der Waals surface area contributed by atoms with Crippen molar-refractivity contribution < 1.29 is 38.8 Å².